The molecule has 0 saturated heterocycles. The summed E-state index contributed by atoms with van der Waals surface area (Å²) in [6.07, 6.45) is 0. The molecule has 0 atom stereocenters. The summed E-state index contributed by atoms with van der Waals surface area (Å²) in [6, 6.07) is 13.9. The van der Waals surface area contributed by atoms with E-state index in [0.717, 1.165) is 10.6 Å². The van der Waals surface area contributed by atoms with Crippen LogP contribution in [-0.2, 0) is 0 Å². The van der Waals surface area contributed by atoms with E-state index in [1.165, 1.54) is 13.8 Å². The lowest BCUT2D eigenvalue weighted by Gasteiger charge is -2.15. The molecule has 0 aromatic heterocycles. The van der Waals surface area contributed by atoms with Gasteiger partial charge in [-0.05, 0) is 43.9 Å². The molecule has 4 heteroatoms. The van der Waals surface area contributed by atoms with E-state index in [1.807, 2.05) is 24.3 Å². The summed E-state index contributed by atoms with van der Waals surface area (Å²) in [5.74, 6) is 0.544. The second-order valence-electron chi connectivity index (χ2n) is 5.75. The number of ketones is 2. The summed E-state index contributed by atoms with van der Waals surface area (Å²) in [6.45, 7) is 4.98. The lowest BCUT2D eigenvalue weighted by Crippen LogP contribution is -2.31. The largest absolute Gasteiger partial charge is 0.382 e. The molecule has 3 nitrogen and oxygen atoms in total. The van der Waals surface area contributed by atoms with E-state index in [1.54, 1.807) is 36.0 Å². The summed E-state index contributed by atoms with van der Waals surface area (Å²) in [5, 5.41) is 9.75. The van der Waals surface area contributed by atoms with Gasteiger partial charge in [0.1, 0.15) is 5.60 Å². The highest BCUT2D eigenvalue weighted by atomic mass is 32.2. The third kappa shape index (κ3) is 4.30. The van der Waals surface area contributed by atoms with Crippen LogP contribution in [0.15, 0.2) is 53.4 Å². The number of carbonyl (C=O) groups is 2. The molecule has 23 heavy (non-hydrogen) atoms. The van der Waals surface area contributed by atoms with Gasteiger partial charge in [-0.1, -0.05) is 31.2 Å². The Balaban J connectivity index is 2.18. The molecule has 2 rings (SSSR count). The van der Waals surface area contributed by atoms with Crippen molar-refractivity contribution in [2.45, 2.75) is 31.3 Å². The van der Waals surface area contributed by atoms with Crippen molar-refractivity contribution >= 4 is 23.3 Å². The van der Waals surface area contributed by atoms with Gasteiger partial charge in [0, 0.05) is 21.6 Å². The smallest absolute Gasteiger partial charge is 0.193 e. The number of Topliss-reactive ketones (excluding diaryl/α,β-unsaturated/α-hetero) is 1. The molecule has 0 bridgehead atoms. The van der Waals surface area contributed by atoms with Crippen LogP contribution in [0.2, 0.25) is 0 Å². The summed E-state index contributed by atoms with van der Waals surface area (Å²) < 4.78 is 0. The zero-order chi connectivity index (χ0) is 17.0. The predicted octanol–water partition coefficient (Wildman–Crippen LogP) is 3.98. The van der Waals surface area contributed by atoms with Gasteiger partial charge < -0.3 is 5.11 Å². The maximum atomic E-state index is 12.5. The number of hydrogen-bond acceptors (Lipinski definition) is 4. The quantitative estimate of drug-likeness (QED) is 0.643. The van der Waals surface area contributed by atoms with E-state index in [2.05, 4.69) is 6.92 Å². The van der Waals surface area contributed by atoms with Gasteiger partial charge in [-0.2, -0.15) is 0 Å². The molecule has 0 radical (unpaired) electrons. The van der Waals surface area contributed by atoms with Crippen LogP contribution < -0.4 is 0 Å². The first kappa shape index (κ1) is 17.4. The van der Waals surface area contributed by atoms with E-state index < -0.39 is 5.60 Å². The molecule has 0 spiro atoms. The van der Waals surface area contributed by atoms with Crippen LogP contribution in [0.3, 0.4) is 0 Å². The molecule has 0 heterocycles. The minimum Gasteiger partial charge on any atom is -0.382 e. The Hall–Kier alpha value is -1.91. The number of thioether (sulfide) groups is 1. The van der Waals surface area contributed by atoms with Crippen LogP contribution in [0.4, 0.5) is 0 Å². The van der Waals surface area contributed by atoms with Crippen LogP contribution in [0.1, 0.15) is 47.1 Å². The average molecular weight is 328 g/mol. The van der Waals surface area contributed by atoms with Crippen LogP contribution in [0, 0.1) is 0 Å². The first-order valence-electron chi connectivity index (χ1n) is 7.47. The molecule has 2 aromatic carbocycles. The highest BCUT2D eigenvalue weighted by Crippen LogP contribution is 2.20. The number of rotatable bonds is 6. The minimum absolute atomic E-state index is 0.0830. The summed E-state index contributed by atoms with van der Waals surface area (Å²) >= 11 is 1.73. The van der Waals surface area contributed by atoms with Crippen LogP contribution in [-0.4, -0.2) is 28.0 Å². The monoisotopic (exact) mass is 328 g/mol. The Morgan fingerprint density at radius 1 is 0.913 bits per heavy atom. The Labute approximate surface area is 140 Å². The fraction of sp³-hybridized carbons (Fsp3) is 0.263. The third-order valence-electron chi connectivity index (χ3n) is 3.39. The molecular weight excluding hydrogens is 308 g/mol. The van der Waals surface area contributed by atoms with Crippen molar-refractivity contribution < 1.29 is 14.7 Å². The normalized spacial score (nSPS) is 11.3. The van der Waals surface area contributed by atoms with Crippen LogP contribution in [0.25, 0.3) is 0 Å². The second-order valence-corrected chi connectivity index (χ2v) is 7.09. The lowest BCUT2D eigenvalue weighted by molar-refractivity contribution is 0.0488. The van der Waals surface area contributed by atoms with Crippen molar-refractivity contribution in [3.8, 4) is 0 Å². The first-order chi connectivity index (χ1) is 10.8. The van der Waals surface area contributed by atoms with Gasteiger partial charge in [0.25, 0.3) is 0 Å². The maximum Gasteiger partial charge on any atom is 0.193 e. The van der Waals surface area contributed by atoms with Gasteiger partial charge in [0.05, 0.1) is 0 Å². The Kier molecular flexibility index (Phi) is 5.39. The van der Waals surface area contributed by atoms with Gasteiger partial charge in [-0.3, -0.25) is 9.59 Å². The SMILES string of the molecule is CCSc1ccc(C(=O)c2ccc(C(=O)C(C)(C)O)cc2)cc1. The molecule has 0 aliphatic carbocycles. The van der Waals surface area contributed by atoms with Crippen molar-refractivity contribution in [3.05, 3.63) is 65.2 Å². The van der Waals surface area contributed by atoms with Gasteiger partial charge in [-0.25, -0.2) is 0 Å². The fourth-order valence-electron chi connectivity index (χ4n) is 2.16. The third-order valence-corrected chi connectivity index (χ3v) is 4.29. The van der Waals surface area contributed by atoms with E-state index in [-0.39, 0.29) is 11.6 Å². The Morgan fingerprint density at radius 2 is 1.35 bits per heavy atom. The van der Waals surface area contributed by atoms with Gasteiger partial charge in [0.2, 0.25) is 0 Å². The van der Waals surface area contributed by atoms with Gasteiger partial charge in [-0.15, -0.1) is 11.8 Å². The van der Waals surface area contributed by atoms with Crippen molar-refractivity contribution in [2.75, 3.05) is 5.75 Å². The average Bonchev–Trinajstić information content (AvgIpc) is 2.54. The molecule has 2 aromatic rings. The van der Waals surface area contributed by atoms with E-state index in [9.17, 15) is 14.7 Å². The van der Waals surface area contributed by atoms with Crippen molar-refractivity contribution in [2.24, 2.45) is 0 Å². The topological polar surface area (TPSA) is 54.4 Å². The number of hydrogen-bond donors (Lipinski definition) is 1. The standard InChI is InChI=1S/C19H20O3S/c1-4-23-16-11-9-14(10-12-16)17(20)13-5-7-15(8-6-13)18(21)19(2,3)22/h5-12,22H,4H2,1-3H3. The van der Waals surface area contributed by atoms with Crippen molar-refractivity contribution in [1.29, 1.82) is 0 Å². The number of carbonyl (C=O) groups excluding carboxylic acids is 2. The summed E-state index contributed by atoms with van der Waals surface area (Å²) in [4.78, 5) is 25.6. The highest BCUT2D eigenvalue weighted by Gasteiger charge is 2.25. The van der Waals surface area contributed by atoms with Crippen LogP contribution in [0.5, 0.6) is 0 Å². The van der Waals surface area contributed by atoms with Gasteiger partial charge >= 0.3 is 0 Å². The van der Waals surface area contributed by atoms with E-state index in [4.69, 9.17) is 0 Å². The molecular formula is C19H20O3S. The maximum absolute atomic E-state index is 12.5. The predicted molar refractivity (Wildman–Crippen MR) is 93.3 cm³/mol. The van der Waals surface area contributed by atoms with Gasteiger partial charge in [0.15, 0.2) is 11.6 Å². The Morgan fingerprint density at radius 3 is 1.78 bits per heavy atom. The van der Waals surface area contributed by atoms with Crippen LogP contribution >= 0.6 is 11.8 Å². The van der Waals surface area contributed by atoms with E-state index in [0.29, 0.717) is 16.7 Å². The molecule has 0 fully saturated rings. The molecule has 120 valence electrons. The molecule has 0 saturated carbocycles. The second kappa shape index (κ2) is 7.11. The van der Waals surface area contributed by atoms with Crippen molar-refractivity contribution in [1.82, 2.24) is 0 Å². The molecule has 0 aliphatic rings. The highest BCUT2D eigenvalue weighted by molar-refractivity contribution is 7.99. The zero-order valence-electron chi connectivity index (χ0n) is 13.5. The zero-order valence-corrected chi connectivity index (χ0v) is 14.3. The Bertz CT molecular complexity index is 695. The lowest BCUT2D eigenvalue weighted by atomic mass is 9.95. The first-order valence-corrected chi connectivity index (χ1v) is 8.46. The van der Waals surface area contributed by atoms with E-state index >= 15 is 0 Å². The molecule has 0 unspecified atom stereocenters. The van der Waals surface area contributed by atoms with Crippen molar-refractivity contribution in [3.63, 3.8) is 0 Å². The molecule has 1 N–H and O–H groups in total. The molecule has 0 amide bonds. The summed E-state index contributed by atoms with van der Waals surface area (Å²) in [5.41, 5.74) is 0.113. The fourth-order valence-corrected chi connectivity index (χ4v) is 2.82. The number of aliphatic hydroxyl groups is 1. The molecule has 0 aliphatic heterocycles. The minimum atomic E-state index is -1.42. The summed E-state index contributed by atoms with van der Waals surface area (Å²) in [7, 11) is 0. The number of benzene rings is 2.